The van der Waals surface area contributed by atoms with Crippen molar-refractivity contribution >= 4 is 11.7 Å². The average Bonchev–Trinajstić information content (AvgIpc) is 2.49. The Labute approximate surface area is 78.9 Å². The molecule has 1 unspecified atom stereocenters. The van der Waals surface area contributed by atoms with E-state index in [-0.39, 0.29) is 11.9 Å². The molecule has 13 heavy (non-hydrogen) atoms. The van der Waals surface area contributed by atoms with Gasteiger partial charge in [0, 0.05) is 25.3 Å². The van der Waals surface area contributed by atoms with Crippen LogP contribution in [0.2, 0.25) is 0 Å². The molecule has 3 heteroatoms. The molecule has 0 aliphatic carbocycles. The van der Waals surface area contributed by atoms with Gasteiger partial charge in [0.2, 0.25) is 5.91 Å². The van der Waals surface area contributed by atoms with Crippen LogP contribution in [0.4, 0.5) is 0 Å². The van der Waals surface area contributed by atoms with Crippen LogP contribution in [0.5, 0.6) is 0 Å². The Morgan fingerprint density at radius 2 is 2.31 bits per heavy atom. The number of Topliss-reactive ketones (excluding diaryl/α,β-unsaturated/α-hetero) is 1. The Balaban J connectivity index is 2.12. The van der Waals surface area contributed by atoms with E-state index in [1.807, 2.05) is 6.92 Å². The second-order valence-corrected chi connectivity index (χ2v) is 3.63. The summed E-state index contributed by atoms with van der Waals surface area (Å²) in [7, 11) is 0. The van der Waals surface area contributed by atoms with Crippen molar-refractivity contribution in [2.24, 2.45) is 0 Å². The normalized spacial score (nSPS) is 21.6. The molecule has 1 fully saturated rings. The zero-order valence-electron chi connectivity index (χ0n) is 8.14. The van der Waals surface area contributed by atoms with E-state index in [0.29, 0.717) is 25.0 Å². The van der Waals surface area contributed by atoms with Gasteiger partial charge in [-0.05, 0) is 19.3 Å². The summed E-state index contributed by atoms with van der Waals surface area (Å²) in [5, 5.41) is 2.86. The first kappa shape index (κ1) is 10.2. The van der Waals surface area contributed by atoms with E-state index in [1.165, 1.54) is 0 Å². The molecule has 1 N–H and O–H groups in total. The number of rotatable bonds is 5. The molecular weight excluding hydrogens is 166 g/mol. The van der Waals surface area contributed by atoms with Gasteiger partial charge in [-0.3, -0.25) is 9.59 Å². The average molecular weight is 183 g/mol. The third-order valence-electron chi connectivity index (χ3n) is 2.39. The molecule has 74 valence electrons. The maximum absolute atomic E-state index is 11.2. The van der Waals surface area contributed by atoms with Gasteiger partial charge in [-0.2, -0.15) is 0 Å². The van der Waals surface area contributed by atoms with Crippen LogP contribution >= 0.6 is 0 Å². The lowest BCUT2D eigenvalue weighted by molar-refractivity contribution is -0.120. The van der Waals surface area contributed by atoms with Gasteiger partial charge in [-0.15, -0.1) is 0 Å². The lowest BCUT2D eigenvalue weighted by atomic mass is 10.1. The van der Waals surface area contributed by atoms with Gasteiger partial charge in [-0.25, -0.2) is 0 Å². The molecule has 1 amide bonds. The lowest BCUT2D eigenvalue weighted by Crippen LogP contribution is -2.25. The monoisotopic (exact) mass is 183 g/mol. The van der Waals surface area contributed by atoms with Crippen molar-refractivity contribution in [3.05, 3.63) is 0 Å². The molecule has 0 spiro atoms. The number of nitrogens with one attached hydrogen (secondary N) is 1. The van der Waals surface area contributed by atoms with Crippen LogP contribution in [-0.4, -0.2) is 17.7 Å². The molecule has 1 heterocycles. The van der Waals surface area contributed by atoms with Gasteiger partial charge in [0.1, 0.15) is 5.78 Å². The molecule has 3 nitrogen and oxygen atoms in total. The van der Waals surface area contributed by atoms with Gasteiger partial charge in [-0.1, -0.05) is 6.92 Å². The van der Waals surface area contributed by atoms with E-state index in [4.69, 9.17) is 0 Å². The Kier molecular flexibility index (Phi) is 3.93. The van der Waals surface area contributed by atoms with Crippen molar-refractivity contribution in [1.82, 2.24) is 5.32 Å². The van der Waals surface area contributed by atoms with Crippen molar-refractivity contribution < 1.29 is 9.59 Å². The van der Waals surface area contributed by atoms with Gasteiger partial charge >= 0.3 is 0 Å². The maximum Gasteiger partial charge on any atom is 0.220 e. The van der Waals surface area contributed by atoms with Crippen molar-refractivity contribution in [3.8, 4) is 0 Å². The molecule has 0 saturated carbocycles. The van der Waals surface area contributed by atoms with Crippen LogP contribution < -0.4 is 5.32 Å². The second kappa shape index (κ2) is 5.00. The molecule has 1 aliphatic heterocycles. The highest BCUT2D eigenvalue weighted by molar-refractivity contribution is 5.80. The first-order valence-electron chi connectivity index (χ1n) is 5.03. The molecule has 1 atom stereocenters. The molecule has 0 bridgehead atoms. The number of carbonyl (C=O) groups excluding carboxylic acids is 2. The van der Waals surface area contributed by atoms with E-state index >= 15 is 0 Å². The van der Waals surface area contributed by atoms with E-state index in [0.717, 1.165) is 19.3 Å². The SMILES string of the molecule is CCCC(=O)CCC1CCC(=O)N1. The van der Waals surface area contributed by atoms with Crippen molar-refractivity contribution in [1.29, 1.82) is 0 Å². The Morgan fingerprint density at radius 1 is 1.54 bits per heavy atom. The van der Waals surface area contributed by atoms with Gasteiger partial charge in [0.15, 0.2) is 0 Å². The fourth-order valence-electron chi connectivity index (χ4n) is 1.63. The van der Waals surface area contributed by atoms with E-state index in [1.54, 1.807) is 0 Å². The summed E-state index contributed by atoms with van der Waals surface area (Å²) in [5.41, 5.74) is 0. The van der Waals surface area contributed by atoms with Gasteiger partial charge in [0.05, 0.1) is 0 Å². The number of hydrogen-bond donors (Lipinski definition) is 1. The summed E-state index contributed by atoms with van der Waals surface area (Å²) in [6.45, 7) is 2.01. The van der Waals surface area contributed by atoms with Crippen molar-refractivity contribution in [2.75, 3.05) is 0 Å². The minimum Gasteiger partial charge on any atom is -0.353 e. The minimum atomic E-state index is 0.132. The molecule has 1 rings (SSSR count). The maximum atomic E-state index is 11.2. The topological polar surface area (TPSA) is 46.2 Å². The van der Waals surface area contributed by atoms with Crippen LogP contribution in [0.15, 0.2) is 0 Å². The first-order valence-corrected chi connectivity index (χ1v) is 5.03. The highest BCUT2D eigenvalue weighted by Gasteiger charge is 2.20. The van der Waals surface area contributed by atoms with Crippen LogP contribution in [0.3, 0.4) is 0 Å². The zero-order chi connectivity index (χ0) is 9.68. The van der Waals surface area contributed by atoms with Crippen molar-refractivity contribution in [2.45, 2.75) is 51.5 Å². The highest BCUT2D eigenvalue weighted by atomic mass is 16.2. The Bertz CT molecular complexity index is 201. The van der Waals surface area contributed by atoms with Crippen LogP contribution in [0.25, 0.3) is 0 Å². The summed E-state index contributed by atoms with van der Waals surface area (Å²) in [4.78, 5) is 22.0. The minimum absolute atomic E-state index is 0.132. The van der Waals surface area contributed by atoms with Gasteiger partial charge in [0.25, 0.3) is 0 Å². The second-order valence-electron chi connectivity index (χ2n) is 3.63. The largest absolute Gasteiger partial charge is 0.353 e. The Hall–Kier alpha value is -0.860. The van der Waals surface area contributed by atoms with Crippen molar-refractivity contribution in [3.63, 3.8) is 0 Å². The lowest BCUT2D eigenvalue weighted by Gasteiger charge is -2.07. The summed E-state index contributed by atoms with van der Waals surface area (Å²) >= 11 is 0. The molecule has 0 aromatic heterocycles. The third-order valence-corrected chi connectivity index (χ3v) is 2.39. The predicted molar refractivity (Wildman–Crippen MR) is 50.3 cm³/mol. The molecule has 0 aromatic rings. The molecule has 0 radical (unpaired) electrons. The molecule has 1 saturated heterocycles. The van der Waals surface area contributed by atoms with Crippen LogP contribution in [0, 0.1) is 0 Å². The Morgan fingerprint density at radius 3 is 2.85 bits per heavy atom. The predicted octanol–water partition coefficient (Wildman–Crippen LogP) is 1.41. The summed E-state index contributed by atoms with van der Waals surface area (Å²) in [6, 6.07) is 0.258. The summed E-state index contributed by atoms with van der Waals surface area (Å²) < 4.78 is 0. The fraction of sp³-hybridized carbons (Fsp3) is 0.800. The van der Waals surface area contributed by atoms with Gasteiger partial charge < -0.3 is 5.32 Å². The standard InChI is InChI=1S/C10H17NO2/c1-2-3-9(12)6-4-8-5-7-10(13)11-8/h8H,2-7H2,1H3,(H,11,13). The van der Waals surface area contributed by atoms with E-state index in [2.05, 4.69) is 5.32 Å². The van der Waals surface area contributed by atoms with Crippen LogP contribution in [-0.2, 0) is 9.59 Å². The van der Waals surface area contributed by atoms with E-state index < -0.39 is 0 Å². The fourth-order valence-corrected chi connectivity index (χ4v) is 1.63. The number of amides is 1. The third kappa shape index (κ3) is 3.57. The smallest absolute Gasteiger partial charge is 0.220 e. The molecular formula is C10H17NO2. The van der Waals surface area contributed by atoms with Crippen LogP contribution in [0.1, 0.15) is 45.4 Å². The number of carbonyl (C=O) groups is 2. The summed E-state index contributed by atoms with van der Waals surface area (Å²) in [5.74, 6) is 0.455. The molecule has 1 aliphatic rings. The first-order chi connectivity index (χ1) is 6.22. The number of hydrogen-bond acceptors (Lipinski definition) is 2. The molecule has 0 aromatic carbocycles. The zero-order valence-corrected chi connectivity index (χ0v) is 8.14. The quantitative estimate of drug-likeness (QED) is 0.700. The number of ketones is 1. The summed E-state index contributed by atoms with van der Waals surface area (Å²) in [6.07, 6.45) is 4.59. The van der Waals surface area contributed by atoms with E-state index in [9.17, 15) is 9.59 Å². The highest BCUT2D eigenvalue weighted by Crippen LogP contribution is 2.12.